The Balaban J connectivity index is 1.36. The number of nitrogens with zero attached hydrogens (tertiary/aromatic N) is 2. The van der Waals surface area contributed by atoms with Crippen LogP contribution in [0.1, 0.15) is 197 Å². The molecule has 0 fully saturated rings. The van der Waals surface area contributed by atoms with Gasteiger partial charge in [0.25, 0.3) is 6.71 Å². The van der Waals surface area contributed by atoms with Crippen molar-refractivity contribution >= 4 is 57.2 Å². The van der Waals surface area contributed by atoms with Crippen LogP contribution in [0.25, 0.3) is 0 Å². The molecule has 2 nitrogen and oxygen atoms in total. The normalized spacial score (nSPS) is 22.3. The van der Waals surface area contributed by atoms with Crippen LogP contribution in [-0.2, 0) is 37.9 Å². The number of hydrogen-bond acceptors (Lipinski definition) is 2. The van der Waals surface area contributed by atoms with Crippen LogP contribution in [0.3, 0.4) is 0 Å². The van der Waals surface area contributed by atoms with Crippen molar-refractivity contribution in [2.75, 3.05) is 9.80 Å². The zero-order valence-corrected chi connectivity index (χ0v) is 41.6. The third-order valence-electron chi connectivity index (χ3n) is 17.4. The number of hydrogen-bond donors (Lipinski definition) is 0. The van der Waals surface area contributed by atoms with E-state index in [0.29, 0.717) is 5.56 Å². The quantitative estimate of drug-likeness (QED) is 0.160. The van der Waals surface area contributed by atoms with Gasteiger partial charge in [-0.15, -0.1) is 0 Å². The maximum Gasteiger partial charge on any atom is 0.252 e. The molecule has 0 radical (unpaired) electrons. The van der Waals surface area contributed by atoms with Gasteiger partial charge in [0, 0.05) is 38.2 Å². The highest BCUT2D eigenvalue weighted by atomic mass is 15.2. The zero-order valence-electron chi connectivity index (χ0n) is 44.6. The van der Waals surface area contributed by atoms with Crippen LogP contribution in [0.4, 0.5) is 34.1 Å². The molecule has 3 heteroatoms. The van der Waals surface area contributed by atoms with Gasteiger partial charge in [0.2, 0.25) is 0 Å². The molecule has 5 aliphatic rings. The molecule has 2 heterocycles. The summed E-state index contributed by atoms with van der Waals surface area (Å²) in [6.45, 7) is 35.7. The van der Waals surface area contributed by atoms with E-state index in [1.54, 1.807) is 0 Å². The molecule has 328 valence electrons. The van der Waals surface area contributed by atoms with Crippen LogP contribution in [0.5, 0.6) is 0 Å². The first-order chi connectivity index (χ1) is 30.3. The maximum atomic E-state index is 9.18. The second-order valence-electron chi connectivity index (χ2n) is 25.7. The molecule has 0 bridgehead atoms. The predicted molar refractivity (Wildman–Crippen MR) is 274 cm³/mol. The molecular formula is C60H75BN2. The number of benzene rings is 5. The van der Waals surface area contributed by atoms with Crippen LogP contribution in [0.2, 0.25) is 0 Å². The molecule has 0 amide bonds. The number of rotatable bonds is 2. The highest BCUT2D eigenvalue weighted by Crippen LogP contribution is 2.54. The molecule has 3 aliphatic carbocycles. The van der Waals surface area contributed by atoms with Gasteiger partial charge in [-0.3, -0.25) is 0 Å². The molecular weight excluding hydrogens is 759 g/mol. The van der Waals surface area contributed by atoms with Gasteiger partial charge >= 0.3 is 0 Å². The van der Waals surface area contributed by atoms with Crippen molar-refractivity contribution in [1.82, 2.24) is 0 Å². The molecule has 0 saturated carbocycles. The van der Waals surface area contributed by atoms with Crippen molar-refractivity contribution in [1.29, 1.82) is 0 Å². The number of aryl methyl sites for hydroxylation is 2. The first-order valence-corrected chi connectivity index (χ1v) is 24.3. The van der Waals surface area contributed by atoms with E-state index in [0.717, 1.165) is 67.0 Å². The van der Waals surface area contributed by atoms with Crippen molar-refractivity contribution in [2.24, 2.45) is 0 Å². The van der Waals surface area contributed by atoms with E-state index in [1.165, 1.54) is 66.6 Å². The standard InChI is InChI=1S/C60H75BN2/c1-36-28-51-53-52(29-36)63(48-34-44-41(30-37(48)2)56(8,9)24-26-59(44,14)15)49-31-38(54(3,4)5)18-21-46(49)61(53)47-33-43-45(60(16,17)27-25-58(43,12)13)35-50(47)62(51)39-19-20-40-42(32-39)57(10,11)23-22-55(40,6)7/h18-21,28-35H,22-27H2,1-17H3/i1D3. The first-order valence-electron chi connectivity index (χ1n) is 25.8. The molecule has 0 spiro atoms. The topological polar surface area (TPSA) is 6.48 Å². The fraction of sp³-hybridized carbons (Fsp3) is 0.500. The summed E-state index contributed by atoms with van der Waals surface area (Å²) in [7, 11) is 0. The van der Waals surface area contributed by atoms with E-state index in [9.17, 15) is 4.11 Å². The fourth-order valence-corrected chi connectivity index (χ4v) is 12.7. The molecule has 0 N–H and O–H groups in total. The second kappa shape index (κ2) is 13.2. The molecule has 2 aliphatic heterocycles. The Morgan fingerprint density at radius 3 is 1.46 bits per heavy atom. The Bertz CT molecular complexity index is 2880. The van der Waals surface area contributed by atoms with Crippen LogP contribution in [-0.4, -0.2) is 6.71 Å². The largest absolute Gasteiger partial charge is 0.311 e. The SMILES string of the molecule is [2H]C([2H])([2H])c1cc2c3c(c1)N(c1cc4c(cc1C)C(C)(C)CCC4(C)C)c1cc(C(C)(C)C)ccc1B3c1cc3c(cc1N2c1ccc2c(c1)C(C)(C)CCC2(C)C)C(C)(C)CCC3(C)C. The summed E-state index contributed by atoms with van der Waals surface area (Å²) in [6.07, 6.45) is 6.77. The lowest BCUT2D eigenvalue weighted by Crippen LogP contribution is -2.62. The van der Waals surface area contributed by atoms with Crippen LogP contribution < -0.4 is 26.2 Å². The lowest BCUT2D eigenvalue weighted by atomic mass is 9.33. The van der Waals surface area contributed by atoms with Crippen molar-refractivity contribution in [3.05, 3.63) is 123 Å². The van der Waals surface area contributed by atoms with Gasteiger partial charge in [-0.1, -0.05) is 134 Å². The minimum atomic E-state index is -2.34. The van der Waals surface area contributed by atoms with Crippen molar-refractivity contribution in [2.45, 2.75) is 194 Å². The molecule has 5 aromatic rings. The Labute approximate surface area is 386 Å². The smallest absolute Gasteiger partial charge is 0.252 e. The number of anilines is 6. The average molecular weight is 838 g/mol. The van der Waals surface area contributed by atoms with E-state index < -0.39 is 6.85 Å². The van der Waals surface area contributed by atoms with Crippen LogP contribution >= 0.6 is 0 Å². The van der Waals surface area contributed by atoms with Crippen molar-refractivity contribution in [3.63, 3.8) is 0 Å². The molecule has 10 rings (SSSR count). The van der Waals surface area contributed by atoms with Gasteiger partial charge in [-0.25, -0.2) is 0 Å². The summed E-state index contributed by atoms with van der Waals surface area (Å²) in [5.41, 5.74) is 21.7. The Morgan fingerprint density at radius 2 is 0.921 bits per heavy atom. The predicted octanol–water partition coefficient (Wildman–Crippen LogP) is 14.7. The van der Waals surface area contributed by atoms with E-state index >= 15 is 0 Å². The summed E-state index contributed by atoms with van der Waals surface area (Å²) in [4.78, 5) is 4.99. The molecule has 63 heavy (non-hydrogen) atoms. The second-order valence-corrected chi connectivity index (χ2v) is 25.7. The summed E-state index contributed by atoms with van der Waals surface area (Å²) in [5, 5.41) is 0. The molecule has 0 unspecified atom stereocenters. The zero-order chi connectivity index (χ0) is 47.9. The monoisotopic (exact) mass is 838 g/mol. The molecule has 0 atom stereocenters. The van der Waals surface area contributed by atoms with Crippen molar-refractivity contribution < 1.29 is 4.11 Å². The van der Waals surface area contributed by atoms with Gasteiger partial charge in [-0.2, -0.15) is 0 Å². The third-order valence-corrected chi connectivity index (χ3v) is 17.4. The summed E-state index contributed by atoms with van der Waals surface area (Å²) in [5.74, 6) is 0. The van der Waals surface area contributed by atoms with E-state index in [1.807, 2.05) is 12.1 Å². The Kier molecular flexibility index (Phi) is 8.20. The van der Waals surface area contributed by atoms with Crippen LogP contribution in [0, 0.1) is 13.8 Å². The summed E-state index contributed by atoms with van der Waals surface area (Å²) < 4.78 is 27.5. The average Bonchev–Trinajstić information content (AvgIpc) is 3.21. The fourth-order valence-electron chi connectivity index (χ4n) is 12.7. The summed E-state index contributed by atoms with van der Waals surface area (Å²) >= 11 is 0. The molecule has 0 saturated heterocycles. The van der Waals surface area contributed by atoms with Gasteiger partial charge in [0.05, 0.1) is 0 Å². The number of fused-ring (bicyclic) bond motifs is 7. The Morgan fingerprint density at radius 1 is 0.460 bits per heavy atom. The van der Waals surface area contributed by atoms with Gasteiger partial charge in [-0.05, 0) is 199 Å². The minimum Gasteiger partial charge on any atom is -0.311 e. The van der Waals surface area contributed by atoms with Crippen LogP contribution in [0.15, 0.2) is 72.8 Å². The van der Waals surface area contributed by atoms with Gasteiger partial charge in [0.1, 0.15) is 0 Å². The van der Waals surface area contributed by atoms with Gasteiger partial charge < -0.3 is 9.80 Å². The highest BCUT2D eigenvalue weighted by Gasteiger charge is 2.48. The minimum absolute atomic E-state index is 0.000805. The molecule has 0 aromatic heterocycles. The lowest BCUT2D eigenvalue weighted by Gasteiger charge is -2.48. The lowest BCUT2D eigenvalue weighted by molar-refractivity contribution is 0.332. The van der Waals surface area contributed by atoms with E-state index in [4.69, 9.17) is 0 Å². The first kappa shape index (κ1) is 39.2. The summed E-state index contributed by atoms with van der Waals surface area (Å²) in [6, 6.07) is 28.7. The maximum absolute atomic E-state index is 9.18. The van der Waals surface area contributed by atoms with Gasteiger partial charge in [0.15, 0.2) is 0 Å². The Hall–Kier alpha value is -4.24. The third kappa shape index (κ3) is 6.31. The van der Waals surface area contributed by atoms with E-state index in [-0.39, 0.29) is 44.6 Å². The van der Waals surface area contributed by atoms with E-state index in [2.05, 4.69) is 181 Å². The van der Waals surface area contributed by atoms with Crippen molar-refractivity contribution in [3.8, 4) is 0 Å². The molecule has 5 aromatic carbocycles. The highest BCUT2D eigenvalue weighted by molar-refractivity contribution is 7.00.